The zero-order chi connectivity index (χ0) is 31.2. The van der Waals surface area contributed by atoms with Gasteiger partial charge in [-0.1, -0.05) is 30.3 Å². The molecule has 236 valence electrons. The summed E-state index contributed by atoms with van der Waals surface area (Å²) in [5.74, 6) is 1.57. The summed E-state index contributed by atoms with van der Waals surface area (Å²) in [5.41, 5.74) is 6.13. The van der Waals surface area contributed by atoms with Gasteiger partial charge in [-0.2, -0.15) is 0 Å². The van der Waals surface area contributed by atoms with E-state index in [-0.39, 0.29) is 17.9 Å². The Hall–Kier alpha value is -4.74. The van der Waals surface area contributed by atoms with Crippen molar-refractivity contribution in [2.45, 2.75) is 43.8 Å². The Labute approximate surface area is 266 Å². The van der Waals surface area contributed by atoms with Gasteiger partial charge < -0.3 is 35.0 Å². The number of methoxy groups -OCH3 is 1. The third-order valence-electron chi connectivity index (χ3n) is 9.68. The van der Waals surface area contributed by atoms with Crippen LogP contribution in [0.5, 0.6) is 0 Å². The molecule has 4 N–H and O–H groups in total. The van der Waals surface area contributed by atoms with Crippen LogP contribution in [0.2, 0.25) is 0 Å². The Morgan fingerprint density at radius 1 is 0.957 bits per heavy atom. The number of carbonyl (C=O) groups is 2. The van der Waals surface area contributed by atoms with Gasteiger partial charge in [0.15, 0.2) is 0 Å². The summed E-state index contributed by atoms with van der Waals surface area (Å²) in [6.45, 7) is 2.52. The second kappa shape index (κ2) is 11.9. The fourth-order valence-corrected chi connectivity index (χ4v) is 7.04. The summed E-state index contributed by atoms with van der Waals surface area (Å²) in [6, 6.07) is 18.7. The van der Waals surface area contributed by atoms with Crippen molar-refractivity contribution in [1.82, 2.24) is 35.5 Å². The Kier molecular flexibility index (Phi) is 7.42. The van der Waals surface area contributed by atoms with E-state index in [0.717, 1.165) is 76.3 Å². The molecule has 8 rings (SSSR count). The number of imidazole rings is 2. The van der Waals surface area contributed by atoms with Crippen molar-refractivity contribution in [3.63, 3.8) is 0 Å². The highest BCUT2D eigenvalue weighted by atomic mass is 16.5. The first-order valence-corrected chi connectivity index (χ1v) is 16.1. The summed E-state index contributed by atoms with van der Waals surface area (Å²) in [4.78, 5) is 44.1. The molecule has 5 heterocycles. The minimum absolute atomic E-state index is 0.0721. The molecule has 3 aliphatic rings. The van der Waals surface area contributed by atoms with Crippen LogP contribution >= 0.6 is 0 Å². The zero-order valence-electron chi connectivity index (χ0n) is 25.7. The monoisotopic (exact) mass is 619 g/mol. The molecule has 2 aromatic heterocycles. The van der Waals surface area contributed by atoms with Crippen LogP contribution in [0.3, 0.4) is 0 Å². The number of nitrogens with one attached hydrogen (secondary N) is 4. The molecular weight excluding hydrogens is 582 g/mol. The van der Waals surface area contributed by atoms with Crippen molar-refractivity contribution in [3.05, 3.63) is 72.4 Å². The third kappa shape index (κ3) is 5.29. The molecule has 3 saturated heterocycles. The van der Waals surface area contributed by atoms with E-state index in [1.165, 1.54) is 18.9 Å². The fourth-order valence-electron chi connectivity index (χ4n) is 7.04. The van der Waals surface area contributed by atoms with Crippen LogP contribution in [0.15, 0.2) is 60.8 Å². The lowest BCUT2D eigenvalue weighted by Gasteiger charge is -2.36. The van der Waals surface area contributed by atoms with Crippen molar-refractivity contribution < 1.29 is 19.1 Å². The van der Waals surface area contributed by atoms with Gasteiger partial charge in [-0.15, -0.1) is 0 Å². The summed E-state index contributed by atoms with van der Waals surface area (Å²) < 4.78 is 10.1. The van der Waals surface area contributed by atoms with E-state index in [9.17, 15) is 9.59 Å². The Balaban J connectivity index is 1.02. The fraction of sp³-hybridized carbons (Fsp3) is 0.371. The third-order valence-corrected chi connectivity index (χ3v) is 9.68. The molecular formula is C35H37N7O4. The number of ether oxygens (including phenoxy) is 2. The minimum atomic E-state index is -0.687. The SMILES string of the molecule is COC(=O)N[C@H](C(=O)N1CCC[C@H]1c1nc2ccc(-c3ccc4cc(-c5cnc([C@@H]6CCCN6)[nH]5)ccc4c3)cc2[nH]1)C1COC1. The van der Waals surface area contributed by atoms with E-state index in [2.05, 4.69) is 74.1 Å². The molecule has 0 spiro atoms. The topological polar surface area (TPSA) is 137 Å². The van der Waals surface area contributed by atoms with Gasteiger partial charge in [0.2, 0.25) is 5.91 Å². The molecule has 46 heavy (non-hydrogen) atoms. The van der Waals surface area contributed by atoms with E-state index < -0.39 is 12.1 Å². The lowest BCUT2D eigenvalue weighted by Crippen LogP contribution is -2.56. The molecule has 0 bridgehead atoms. The molecule has 3 aliphatic heterocycles. The zero-order valence-corrected chi connectivity index (χ0v) is 25.7. The van der Waals surface area contributed by atoms with Crippen molar-refractivity contribution in [1.29, 1.82) is 0 Å². The molecule has 0 saturated carbocycles. The smallest absolute Gasteiger partial charge is 0.407 e. The predicted octanol–water partition coefficient (Wildman–Crippen LogP) is 5.23. The van der Waals surface area contributed by atoms with E-state index >= 15 is 0 Å². The average molecular weight is 620 g/mol. The number of rotatable bonds is 7. The number of carbonyl (C=O) groups excluding carboxylic acids is 2. The van der Waals surface area contributed by atoms with Gasteiger partial charge in [0.1, 0.15) is 17.7 Å². The largest absolute Gasteiger partial charge is 0.453 e. The first-order valence-electron chi connectivity index (χ1n) is 16.1. The van der Waals surface area contributed by atoms with Crippen LogP contribution in [-0.4, -0.2) is 76.3 Å². The Bertz CT molecular complexity index is 1920. The summed E-state index contributed by atoms with van der Waals surface area (Å²) in [5, 5.41) is 8.57. The maximum Gasteiger partial charge on any atom is 0.407 e. The van der Waals surface area contributed by atoms with Crippen LogP contribution in [0.25, 0.3) is 44.2 Å². The maximum absolute atomic E-state index is 13.7. The Morgan fingerprint density at radius 3 is 2.50 bits per heavy atom. The standard InChI is InChI=1S/C35H37N7O4/c1-45-35(44)41-31(25-18-46-19-25)34(43)42-13-3-5-30(42)33-38-26-11-10-23(16-28(26)39-33)21-6-7-22-15-24(9-8-20(22)14-21)29-17-37-32(40-29)27-4-2-12-36-27/h6-11,14-17,25,27,30-31,36H,2-5,12-13,18-19H2,1H3,(H,37,40)(H,38,39)(H,41,44)/t27-,30-,31-/m0/s1. The first-order chi connectivity index (χ1) is 22.5. The number of nitrogens with zero attached hydrogens (tertiary/aromatic N) is 3. The van der Waals surface area contributed by atoms with Crippen LogP contribution < -0.4 is 10.6 Å². The van der Waals surface area contributed by atoms with Gasteiger partial charge in [-0.3, -0.25) is 4.79 Å². The van der Waals surface area contributed by atoms with Gasteiger partial charge in [0.25, 0.3) is 0 Å². The van der Waals surface area contributed by atoms with E-state index in [1.807, 2.05) is 17.2 Å². The number of aromatic amines is 2. The highest BCUT2D eigenvalue weighted by Crippen LogP contribution is 2.35. The molecule has 3 aromatic carbocycles. The summed E-state index contributed by atoms with van der Waals surface area (Å²) in [6.07, 6.45) is 5.28. The maximum atomic E-state index is 13.7. The molecule has 3 fully saturated rings. The number of benzene rings is 3. The number of H-pyrrole nitrogens is 2. The van der Waals surface area contributed by atoms with Crippen molar-refractivity contribution >= 4 is 33.8 Å². The van der Waals surface area contributed by atoms with E-state index in [1.54, 1.807) is 0 Å². The minimum Gasteiger partial charge on any atom is -0.453 e. The number of aromatic nitrogens is 4. The number of hydrogen-bond donors (Lipinski definition) is 4. The number of alkyl carbamates (subject to hydrolysis) is 1. The van der Waals surface area contributed by atoms with Gasteiger partial charge in [0.05, 0.1) is 55.3 Å². The summed E-state index contributed by atoms with van der Waals surface area (Å²) >= 11 is 0. The number of likely N-dealkylation sites (tertiary alicyclic amines) is 1. The van der Waals surface area contributed by atoms with Crippen LogP contribution in [-0.2, 0) is 14.3 Å². The van der Waals surface area contributed by atoms with Crippen molar-refractivity contribution in [2.75, 3.05) is 33.4 Å². The molecule has 5 aromatic rings. The molecule has 0 unspecified atom stereocenters. The van der Waals surface area contributed by atoms with Gasteiger partial charge in [0, 0.05) is 18.0 Å². The van der Waals surface area contributed by atoms with Crippen molar-refractivity contribution in [3.8, 4) is 22.4 Å². The van der Waals surface area contributed by atoms with Gasteiger partial charge >= 0.3 is 6.09 Å². The van der Waals surface area contributed by atoms with Gasteiger partial charge in [-0.05, 0) is 78.4 Å². The molecule has 0 radical (unpaired) electrons. The molecule has 11 nitrogen and oxygen atoms in total. The van der Waals surface area contributed by atoms with Gasteiger partial charge in [-0.25, -0.2) is 14.8 Å². The van der Waals surface area contributed by atoms with Crippen LogP contribution in [0, 0.1) is 5.92 Å². The van der Waals surface area contributed by atoms with Crippen molar-refractivity contribution in [2.24, 2.45) is 5.92 Å². The second-order valence-corrected chi connectivity index (χ2v) is 12.6. The number of amides is 2. The summed E-state index contributed by atoms with van der Waals surface area (Å²) in [7, 11) is 1.30. The lowest BCUT2D eigenvalue weighted by molar-refractivity contribution is -0.142. The quantitative estimate of drug-likeness (QED) is 0.196. The number of hydrogen-bond acceptors (Lipinski definition) is 7. The molecule has 11 heteroatoms. The highest BCUT2D eigenvalue weighted by molar-refractivity contribution is 5.92. The molecule has 3 atom stereocenters. The van der Waals surface area contributed by atoms with E-state index in [4.69, 9.17) is 14.5 Å². The van der Waals surface area contributed by atoms with Crippen LogP contribution in [0.4, 0.5) is 4.79 Å². The van der Waals surface area contributed by atoms with E-state index in [0.29, 0.717) is 25.8 Å². The van der Waals surface area contributed by atoms with Crippen LogP contribution in [0.1, 0.15) is 49.4 Å². The lowest BCUT2D eigenvalue weighted by atomic mass is 9.96. The normalized spacial score (nSPS) is 20.7. The second-order valence-electron chi connectivity index (χ2n) is 12.6. The predicted molar refractivity (Wildman–Crippen MR) is 174 cm³/mol. The molecule has 2 amide bonds. The average Bonchev–Trinajstić information content (AvgIpc) is 3.88. The highest BCUT2D eigenvalue weighted by Gasteiger charge is 2.42. The first kappa shape index (κ1) is 28.7. The molecule has 0 aliphatic carbocycles. The Morgan fingerprint density at radius 2 is 1.74 bits per heavy atom. The number of fused-ring (bicyclic) bond motifs is 2.